The van der Waals surface area contributed by atoms with Gasteiger partial charge in [0.25, 0.3) is 0 Å². The number of carbonyl (C=O) groups is 1. The van der Waals surface area contributed by atoms with Gasteiger partial charge in [0.1, 0.15) is 11.6 Å². The molecular formula is C15H24F2N2O2. The number of likely N-dealkylation sites (N-methyl/N-ethyl adjacent to an activating group) is 1. The zero-order valence-corrected chi connectivity index (χ0v) is 12.9. The molecule has 0 radical (unpaired) electrons. The van der Waals surface area contributed by atoms with Gasteiger partial charge < -0.3 is 15.7 Å². The molecule has 21 heavy (non-hydrogen) atoms. The van der Waals surface area contributed by atoms with Crippen molar-refractivity contribution in [3.63, 3.8) is 0 Å². The Morgan fingerprint density at radius 1 is 1.38 bits per heavy atom. The summed E-state index contributed by atoms with van der Waals surface area (Å²) in [6.45, 7) is 5.41. The van der Waals surface area contributed by atoms with Crippen LogP contribution in [0.4, 0.5) is 8.78 Å². The number of nitrogens with zero attached hydrogens (tertiary/aromatic N) is 1. The molecule has 0 fully saturated rings. The van der Waals surface area contributed by atoms with E-state index in [4.69, 9.17) is 5.73 Å². The predicted molar refractivity (Wildman–Crippen MR) is 78.7 cm³/mol. The number of nitrogens with two attached hydrogens (primary N) is 1. The highest BCUT2D eigenvalue weighted by atomic mass is 19.1. The van der Waals surface area contributed by atoms with Crippen molar-refractivity contribution in [1.29, 1.82) is 0 Å². The number of halogens is 2. The van der Waals surface area contributed by atoms with Crippen LogP contribution < -0.4 is 5.73 Å². The van der Waals surface area contributed by atoms with Crippen molar-refractivity contribution >= 4 is 5.91 Å². The van der Waals surface area contributed by atoms with Crippen LogP contribution in [0.5, 0.6) is 0 Å². The highest BCUT2D eigenvalue weighted by Crippen LogP contribution is 2.12. The number of rotatable bonds is 5. The van der Waals surface area contributed by atoms with Gasteiger partial charge in [-0.3, -0.25) is 4.79 Å². The van der Waals surface area contributed by atoms with E-state index in [0.29, 0.717) is 0 Å². The first-order valence-corrected chi connectivity index (χ1v) is 6.90. The molecule has 1 aromatic rings. The number of carbonyl (C=O) groups excluding carboxylic acids is 1. The average molecular weight is 302 g/mol. The minimum Gasteiger partial charge on any atom is -0.390 e. The van der Waals surface area contributed by atoms with Crippen LogP contribution in [-0.2, 0) is 11.2 Å². The van der Waals surface area contributed by atoms with Crippen molar-refractivity contribution in [3.05, 3.63) is 35.4 Å². The fraction of sp³-hybridized carbons (Fsp3) is 0.533. The van der Waals surface area contributed by atoms with Gasteiger partial charge in [-0.15, -0.1) is 0 Å². The Labute approximate surface area is 124 Å². The van der Waals surface area contributed by atoms with Crippen LogP contribution in [0.15, 0.2) is 18.2 Å². The zero-order valence-electron chi connectivity index (χ0n) is 12.9. The molecule has 0 saturated heterocycles. The number of amides is 1. The molecule has 120 valence electrons. The van der Waals surface area contributed by atoms with E-state index in [1.807, 2.05) is 13.8 Å². The van der Waals surface area contributed by atoms with Gasteiger partial charge in [-0.1, -0.05) is 13.8 Å². The number of benzene rings is 1. The molecule has 1 aromatic carbocycles. The van der Waals surface area contributed by atoms with Gasteiger partial charge in [0.15, 0.2) is 0 Å². The van der Waals surface area contributed by atoms with E-state index >= 15 is 0 Å². The lowest BCUT2D eigenvalue weighted by Crippen LogP contribution is -2.44. The Morgan fingerprint density at radius 2 is 1.95 bits per heavy atom. The summed E-state index contributed by atoms with van der Waals surface area (Å²) in [6.07, 6.45) is -1.01. The van der Waals surface area contributed by atoms with E-state index in [2.05, 4.69) is 0 Å². The lowest BCUT2D eigenvalue weighted by atomic mass is 10.0. The first kappa shape index (κ1) is 19.5. The van der Waals surface area contributed by atoms with Crippen molar-refractivity contribution in [2.75, 3.05) is 13.6 Å². The lowest BCUT2D eigenvalue weighted by molar-refractivity contribution is -0.128. The first-order chi connectivity index (χ1) is 9.81. The minimum atomic E-state index is -1.00. The van der Waals surface area contributed by atoms with Crippen molar-refractivity contribution in [1.82, 2.24) is 4.90 Å². The summed E-state index contributed by atoms with van der Waals surface area (Å²) in [6, 6.07) is 2.31. The lowest BCUT2D eigenvalue weighted by Gasteiger charge is -2.24. The van der Waals surface area contributed by atoms with Crippen LogP contribution >= 0.6 is 0 Å². The molecule has 0 saturated carbocycles. The Balaban J connectivity index is 0.00000191. The summed E-state index contributed by atoms with van der Waals surface area (Å²) in [4.78, 5) is 12.3. The van der Waals surface area contributed by atoms with Gasteiger partial charge in [0.2, 0.25) is 5.91 Å². The van der Waals surface area contributed by atoms with Crippen molar-refractivity contribution in [2.24, 2.45) is 5.73 Å². The number of hydrogen-bond donors (Lipinski definition) is 2. The summed E-state index contributed by atoms with van der Waals surface area (Å²) in [5, 5.41) is 9.82. The molecule has 1 rings (SSSR count). The van der Waals surface area contributed by atoms with Gasteiger partial charge in [0.05, 0.1) is 6.10 Å². The van der Waals surface area contributed by atoms with Gasteiger partial charge in [-0.25, -0.2) is 8.78 Å². The molecule has 0 aliphatic rings. The maximum absolute atomic E-state index is 13.4. The standard InChI is InChI=1S/C13H18F2N2O2.C2H6/c1-8(18)17(2)7-13(19)12(16)6-9-5-10(14)3-4-11(9)15;1-2/h3-5,12-13,19H,6-7,16H2,1-2H3;1-2H3/t12-,13?;/m1./s1. The molecule has 0 aliphatic carbocycles. The maximum atomic E-state index is 13.4. The second-order valence-corrected chi connectivity index (χ2v) is 4.57. The molecule has 0 aliphatic heterocycles. The Bertz CT molecular complexity index is 455. The van der Waals surface area contributed by atoms with Crippen molar-refractivity contribution in [2.45, 2.75) is 39.3 Å². The molecule has 0 bridgehead atoms. The van der Waals surface area contributed by atoms with Crippen LogP contribution in [-0.4, -0.2) is 41.7 Å². The van der Waals surface area contributed by atoms with Gasteiger partial charge in [-0.05, 0) is 30.2 Å². The topological polar surface area (TPSA) is 66.6 Å². The van der Waals surface area contributed by atoms with Gasteiger partial charge in [-0.2, -0.15) is 0 Å². The molecule has 6 heteroatoms. The third-order valence-corrected chi connectivity index (χ3v) is 2.96. The van der Waals surface area contributed by atoms with E-state index in [0.717, 1.165) is 18.2 Å². The average Bonchev–Trinajstić information content (AvgIpc) is 2.44. The molecule has 1 amide bonds. The minimum absolute atomic E-state index is 0.00347. The van der Waals surface area contributed by atoms with Gasteiger partial charge >= 0.3 is 0 Å². The molecule has 0 spiro atoms. The summed E-state index contributed by atoms with van der Waals surface area (Å²) in [5.74, 6) is -1.33. The Kier molecular flexibility index (Phi) is 8.73. The fourth-order valence-corrected chi connectivity index (χ4v) is 1.63. The van der Waals surface area contributed by atoms with Crippen LogP contribution in [0.1, 0.15) is 26.3 Å². The zero-order chi connectivity index (χ0) is 16.6. The summed E-state index contributed by atoms with van der Waals surface area (Å²) < 4.78 is 26.4. The molecule has 2 atom stereocenters. The second kappa shape index (κ2) is 9.41. The highest BCUT2D eigenvalue weighted by molar-refractivity contribution is 5.72. The normalized spacial score (nSPS) is 13.0. The summed E-state index contributed by atoms with van der Waals surface area (Å²) in [5.41, 5.74) is 5.85. The smallest absolute Gasteiger partial charge is 0.219 e. The highest BCUT2D eigenvalue weighted by Gasteiger charge is 2.20. The van der Waals surface area contributed by atoms with E-state index in [1.165, 1.54) is 18.9 Å². The van der Waals surface area contributed by atoms with Crippen LogP contribution in [0.3, 0.4) is 0 Å². The van der Waals surface area contributed by atoms with Crippen LogP contribution in [0, 0.1) is 11.6 Å². The third-order valence-electron chi connectivity index (χ3n) is 2.96. The molecule has 0 heterocycles. The summed E-state index contributed by atoms with van der Waals surface area (Å²) >= 11 is 0. The Hall–Kier alpha value is -1.53. The molecule has 0 aromatic heterocycles. The fourth-order valence-electron chi connectivity index (χ4n) is 1.63. The van der Waals surface area contributed by atoms with E-state index in [-0.39, 0.29) is 24.4 Å². The van der Waals surface area contributed by atoms with E-state index in [1.54, 1.807) is 0 Å². The molecular weight excluding hydrogens is 278 g/mol. The first-order valence-electron chi connectivity index (χ1n) is 6.90. The van der Waals surface area contributed by atoms with Gasteiger partial charge in [0, 0.05) is 26.6 Å². The number of hydrogen-bond acceptors (Lipinski definition) is 3. The number of aliphatic hydroxyl groups excluding tert-OH is 1. The van der Waals surface area contributed by atoms with E-state index < -0.39 is 23.8 Å². The molecule has 1 unspecified atom stereocenters. The van der Waals surface area contributed by atoms with Crippen LogP contribution in [0.25, 0.3) is 0 Å². The third kappa shape index (κ3) is 6.64. The predicted octanol–water partition coefficient (Wildman–Crippen LogP) is 1.70. The number of aliphatic hydroxyl groups is 1. The monoisotopic (exact) mass is 302 g/mol. The molecule has 3 N–H and O–H groups in total. The van der Waals surface area contributed by atoms with Crippen molar-refractivity contribution in [3.8, 4) is 0 Å². The second-order valence-electron chi connectivity index (χ2n) is 4.57. The summed E-state index contributed by atoms with van der Waals surface area (Å²) in [7, 11) is 1.53. The van der Waals surface area contributed by atoms with Crippen LogP contribution in [0.2, 0.25) is 0 Å². The van der Waals surface area contributed by atoms with Crippen molar-refractivity contribution < 1.29 is 18.7 Å². The maximum Gasteiger partial charge on any atom is 0.219 e. The quantitative estimate of drug-likeness (QED) is 0.870. The largest absolute Gasteiger partial charge is 0.390 e. The molecule has 4 nitrogen and oxygen atoms in total. The SMILES string of the molecule is CC.CC(=O)N(C)CC(O)[C@H](N)Cc1cc(F)ccc1F. The Morgan fingerprint density at radius 3 is 2.48 bits per heavy atom. The van der Waals surface area contributed by atoms with E-state index in [9.17, 15) is 18.7 Å².